The van der Waals surface area contributed by atoms with Gasteiger partial charge < -0.3 is 15.2 Å². The summed E-state index contributed by atoms with van der Waals surface area (Å²) in [5, 5.41) is 21.2. The minimum absolute atomic E-state index is 0.116. The van der Waals surface area contributed by atoms with Crippen LogP contribution in [0, 0.1) is 0 Å². The summed E-state index contributed by atoms with van der Waals surface area (Å²) in [5.41, 5.74) is 3.21. The number of aromatic nitrogens is 4. The molecule has 2 aromatic carbocycles. The van der Waals surface area contributed by atoms with Gasteiger partial charge >= 0.3 is 5.97 Å². The number of carboxylic acids is 1. The molecule has 0 aliphatic rings. The van der Waals surface area contributed by atoms with Gasteiger partial charge in [0.05, 0.1) is 6.61 Å². The number of nitrogens with zero attached hydrogens (tertiary/aromatic N) is 4. The van der Waals surface area contributed by atoms with E-state index >= 15 is 0 Å². The number of aliphatic carboxylic acids is 1. The molecule has 4 aromatic rings. The lowest BCUT2D eigenvalue weighted by atomic mass is 9.98. The zero-order valence-corrected chi connectivity index (χ0v) is 26.0. The number of rotatable bonds is 14. The first-order chi connectivity index (χ1) is 20.6. The second kappa shape index (κ2) is 14.8. The molecule has 0 unspecified atom stereocenters. The van der Waals surface area contributed by atoms with Crippen LogP contribution in [0.25, 0.3) is 22.5 Å². The molecule has 9 nitrogen and oxygen atoms in total. The summed E-state index contributed by atoms with van der Waals surface area (Å²) in [5.74, 6) is -0.256. The van der Waals surface area contributed by atoms with Crippen LogP contribution in [0.4, 0.5) is 0 Å². The number of carboxylic acid groups (broad SMARTS) is 1. The molecule has 2 heterocycles. The summed E-state index contributed by atoms with van der Waals surface area (Å²) in [6.07, 6.45) is 9.73. The maximum atomic E-state index is 12.7. The predicted molar refractivity (Wildman–Crippen MR) is 168 cm³/mol. The van der Waals surface area contributed by atoms with Crippen molar-refractivity contribution in [3.63, 3.8) is 0 Å². The van der Waals surface area contributed by atoms with Crippen molar-refractivity contribution in [1.82, 2.24) is 25.5 Å². The first-order valence-corrected chi connectivity index (χ1v) is 15.5. The van der Waals surface area contributed by atoms with E-state index in [-0.39, 0.29) is 16.8 Å². The zero-order valence-electron chi connectivity index (χ0n) is 25.2. The Morgan fingerprint density at radius 1 is 0.884 bits per heavy atom. The lowest BCUT2D eigenvalue weighted by molar-refractivity contribution is -0.139. The molecule has 4 rings (SSSR count). The highest BCUT2D eigenvalue weighted by atomic mass is 32.1. The fourth-order valence-corrected chi connectivity index (χ4v) is 5.13. The summed E-state index contributed by atoms with van der Waals surface area (Å²) in [7, 11) is 0. The minimum Gasteiger partial charge on any atom is -0.494 e. The maximum Gasteiger partial charge on any atom is 0.326 e. The lowest BCUT2D eigenvalue weighted by Gasteiger charge is -2.14. The van der Waals surface area contributed by atoms with Gasteiger partial charge in [-0.15, -0.1) is 10.2 Å². The van der Waals surface area contributed by atoms with Gasteiger partial charge in [-0.2, -0.15) is 0 Å². The van der Waals surface area contributed by atoms with Crippen molar-refractivity contribution in [2.45, 2.75) is 77.7 Å². The molecule has 1 amide bonds. The Morgan fingerprint density at radius 2 is 1.53 bits per heavy atom. The van der Waals surface area contributed by atoms with Gasteiger partial charge in [-0.05, 0) is 29.7 Å². The molecule has 0 aliphatic heterocycles. The Labute approximate surface area is 256 Å². The van der Waals surface area contributed by atoms with Gasteiger partial charge in [0.25, 0.3) is 5.91 Å². The van der Waals surface area contributed by atoms with Crippen molar-refractivity contribution in [1.29, 1.82) is 0 Å². The van der Waals surface area contributed by atoms with Crippen LogP contribution in [0.1, 0.15) is 80.2 Å². The topological polar surface area (TPSA) is 127 Å². The number of amides is 1. The minimum atomic E-state index is -1.13. The normalized spacial score (nSPS) is 12.1. The molecule has 2 N–H and O–H groups in total. The van der Waals surface area contributed by atoms with E-state index in [0.717, 1.165) is 41.0 Å². The highest BCUT2D eigenvalue weighted by molar-refractivity contribution is 7.13. The van der Waals surface area contributed by atoms with Crippen molar-refractivity contribution >= 4 is 23.2 Å². The van der Waals surface area contributed by atoms with Gasteiger partial charge in [0.1, 0.15) is 16.8 Å². The second-order valence-electron chi connectivity index (χ2n) is 11.5. The highest BCUT2D eigenvalue weighted by Crippen LogP contribution is 2.26. The molecule has 43 heavy (non-hydrogen) atoms. The van der Waals surface area contributed by atoms with E-state index in [2.05, 4.69) is 32.4 Å². The summed E-state index contributed by atoms with van der Waals surface area (Å²) < 4.78 is 5.86. The van der Waals surface area contributed by atoms with Gasteiger partial charge in [0.15, 0.2) is 5.82 Å². The van der Waals surface area contributed by atoms with Crippen LogP contribution < -0.4 is 10.1 Å². The summed E-state index contributed by atoms with van der Waals surface area (Å²) >= 11 is 1.17. The van der Waals surface area contributed by atoms with Gasteiger partial charge in [0.2, 0.25) is 5.01 Å². The summed E-state index contributed by atoms with van der Waals surface area (Å²) in [6.45, 7) is 8.87. The fourth-order valence-electron chi connectivity index (χ4n) is 4.33. The number of hydrogen-bond donors (Lipinski definition) is 2. The quantitative estimate of drug-likeness (QED) is 0.152. The average molecular weight is 602 g/mol. The Hall–Kier alpha value is -4.18. The third-order valence-corrected chi connectivity index (χ3v) is 8.22. The molecule has 10 heteroatoms. The molecule has 1 atom stereocenters. The number of hydrogen-bond acceptors (Lipinski definition) is 8. The Kier molecular flexibility index (Phi) is 10.9. The van der Waals surface area contributed by atoms with Crippen LogP contribution >= 0.6 is 11.3 Å². The first-order valence-electron chi connectivity index (χ1n) is 14.7. The van der Waals surface area contributed by atoms with E-state index in [0.29, 0.717) is 10.8 Å². The van der Waals surface area contributed by atoms with Gasteiger partial charge in [-0.25, -0.2) is 14.8 Å². The van der Waals surface area contributed by atoms with Crippen LogP contribution in [0.3, 0.4) is 0 Å². The fraction of sp³-hybridized carbons (Fsp3) is 0.394. The van der Waals surface area contributed by atoms with Crippen molar-refractivity contribution in [3.05, 3.63) is 76.5 Å². The van der Waals surface area contributed by atoms with E-state index in [1.165, 1.54) is 37.0 Å². The molecule has 0 saturated heterocycles. The van der Waals surface area contributed by atoms with Crippen LogP contribution in [0.15, 0.2) is 60.9 Å². The Bertz CT molecular complexity index is 1480. The number of carbonyl (C=O) groups excluding carboxylic acids is 1. The maximum absolute atomic E-state index is 12.7. The zero-order chi connectivity index (χ0) is 30.8. The molecule has 0 bridgehead atoms. The molecule has 0 saturated carbocycles. The number of carbonyl (C=O) groups is 2. The third kappa shape index (κ3) is 9.15. The van der Waals surface area contributed by atoms with Crippen molar-refractivity contribution in [3.8, 4) is 28.3 Å². The van der Waals surface area contributed by atoms with Crippen molar-refractivity contribution in [2.75, 3.05) is 6.61 Å². The summed E-state index contributed by atoms with van der Waals surface area (Å²) in [4.78, 5) is 33.7. The predicted octanol–water partition coefficient (Wildman–Crippen LogP) is 6.73. The second-order valence-corrected chi connectivity index (χ2v) is 12.5. The molecule has 0 radical (unpaired) electrons. The van der Waals surface area contributed by atoms with Gasteiger partial charge in [-0.3, -0.25) is 4.79 Å². The Morgan fingerprint density at radius 3 is 2.14 bits per heavy atom. The number of benzene rings is 2. The van der Waals surface area contributed by atoms with Gasteiger partial charge in [0, 0.05) is 35.4 Å². The monoisotopic (exact) mass is 601 g/mol. The molecular weight excluding hydrogens is 562 g/mol. The van der Waals surface area contributed by atoms with E-state index in [1.807, 2.05) is 69.3 Å². The van der Waals surface area contributed by atoms with Gasteiger partial charge in [-0.1, -0.05) is 101 Å². The van der Waals surface area contributed by atoms with Crippen LogP contribution in [-0.4, -0.2) is 49.8 Å². The smallest absolute Gasteiger partial charge is 0.326 e. The summed E-state index contributed by atoms with van der Waals surface area (Å²) in [6, 6.07) is 14.2. The molecule has 0 fully saturated rings. The molecule has 0 aliphatic carbocycles. The molecule has 226 valence electrons. The first kappa shape index (κ1) is 31.7. The van der Waals surface area contributed by atoms with E-state index in [1.54, 1.807) is 12.4 Å². The van der Waals surface area contributed by atoms with Crippen molar-refractivity contribution < 1.29 is 19.4 Å². The largest absolute Gasteiger partial charge is 0.494 e. The highest BCUT2D eigenvalue weighted by Gasteiger charge is 2.26. The number of ether oxygens (including phenoxy) is 1. The number of nitrogens with one attached hydrogen (secondary N) is 1. The molecule has 0 spiro atoms. The lowest BCUT2D eigenvalue weighted by Crippen LogP contribution is -2.42. The van der Waals surface area contributed by atoms with Crippen LogP contribution in [0.2, 0.25) is 0 Å². The van der Waals surface area contributed by atoms with E-state index in [4.69, 9.17) is 4.74 Å². The van der Waals surface area contributed by atoms with E-state index < -0.39 is 17.9 Å². The van der Waals surface area contributed by atoms with E-state index in [9.17, 15) is 14.7 Å². The average Bonchev–Trinajstić information content (AvgIpc) is 3.51. The Balaban J connectivity index is 1.32. The molecular formula is C33H39N5O4S. The number of unbranched alkanes of at least 4 members (excludes halogenated alkanes) is 4. The standard InChI is InChI=1S/C33H39N5O4S/c1-5-6-7-8-9-18-42-26-16-14-23(15-17-26)25-20-34-28(35-21-25)24-12-10-22(11-13-24)19-27(31(40)41)36-29(39)30-37-38-32(43-30)33(2,3)4/h10-17,20-21,27H,5-9,18-19H2,1-4H3,(H,36,39)(H,40,41)/t27-/m0/s1. The van der Waals surface area contributed by atoms with Crippen LogP contribution in [0.5, 0.6) is 5.75 Å². The SMILES string of the molecule is CCCCCCCOc1ccc(-c2cnc(-c3ccc(C[C@H](NC(=O)c4nnc(C(C)(C)C)s4)C(=O)O)cc3)nc2)cc1. The third-order valence-electron chi connectivity index (χ3n) is 6.87. The van der Waals surface area contributed by atoms with Crippen LogP contribution in [-0.2, 0) is 16.6 Å². The van der Waals surface area contributed by atoms with Crippen molar-refractivity contribution in [2.24, 2.45) is 0 Å². The molecule has 2 aromatic heterocycles.